The number of rotatable bonds is 7. The summed E-state index contributed by atoms with van der Waals surface area (Å²) in [4.78, 5) is 15.7. The van der Waals surface area contributed by atoms with Crippen molar-refractivity contribution in [3.05, 3.63) is 51.9 Å². The molecule has 1 atom stereocenters. The highest BCUT2D eigenvalue weighted by Crippen LogP contribution is 2.36. The molecule has 164 valence electrons. The molecule has 1 saturated heterocycles. The quantitative estimate of drug-likeness (QED) is 0.238. The molecule has 1 fully saturated rings. The van der Waals surface area contributed by atoms with Gasteiger partial charge in [0, 0.05) is 51.1 Å². The monoisotopic (exact) mass is 569 g/mol. The lowest BCUT2D eigenvalue weighted by Gasteiger charge is -2.17. The van der Waals surface area contributed by atoms with Gasteiger partial charge in [0.25, 0.3) is 0 Å². The number of benzene rings is 1. The van der Waals surface area contributed by atoms with E-state index in [1.54, 1.807) is 28.2 Å². The van der Waals surface area contributed by atoms with Crippen molar-refractivity contribution >= 4 is 61.6 Å². The Labute approximate surface area is 200 Å². The predicted octanol–water partition coefficient (Wildman–Crippen LogP) is 4.52. The number of hydrogen-bond donors (Lipinski definition) is 0. The van der Waals surface area contributed by atoms with Gasteiger partial charge in [-0.2, -0.15) is 4.31 Å². The van der Waals surface area contributed by atoms with Gasteiger partial charge in [-0.3, -0.25) is 0 Å². The third kappa shape index (κ3) is 4.69. The molecule has 0 bridgehead atoms. The van der Waals surface area contributed by atoms with Crippen molar-refractivity contribution in [2.75, 3.05) is 13.1 Å². The van der Waals surface area contributed by atoms with Gasteiger partial charge in [0.05, 0.1) is 11.6 Å². The van der Waals surface area contributed by atoms with E-state index in [0.717, 1.165) is 37.8 Å². The van der Waals surface area contributed by atoms with E-state index in [2.05, 4.69) is 47.5 Å². The summed E-state index contributed by atoms with van der Waals surface area (Å²) in [7, 11) is -3.59. The van der Waals surface area contributed by atoms with Crippen molar-refractivity contribution in [3.63, 3.8) is 0 Å². The molecule has 2 aromatic heterocycles. The van der Waals surface area contributed by atoms with Crippen LogP contribution in [0.2, 0.25) is 0 Å². The number of nitrogens with zero attached hydrogens (tertiary/aromatic N) is 3. The van der Waals surface area contributed by atoms with Crippen LogP contribution < -0.4 is 0 Å². The molecule has 31 heavy (non-hydrogen) atoms. The molecule has 1 unspecified atom stereocenters. The van der Waals surface area contributed by atoms with Crippen molar-refractivity contribution in [2.24, 2.45) is 0 Å². The minimum Gasteiger partial charge on any atom is -0.340 e. The van der Waals surface area contributed by atoms with Crippen LogP contribution >= 0.6 is 34.4 Å². The fraction of sp³-hybridized carbons (Fsp3) is 0.364. The number of thioether (sulfide) groups is 1. The molecule has 4 rings (SSSR count). The van der Waals surface area contributed by atoms with Crippen LogP contribution in [0, 0.1) is 3.57 Å². The Bertz CT molecular complexity index is 1210. The van der Waals surface area contributed by atoms with Crippen molar-refractivity contribution in [2.45, 2.75) is 47.9 Å². The minimum absolute atomic E-state index is 0.0899. The van der Waals surface area contributed by atoms with E-state index >= 15 is 0 Å². The zero-order chi connectivity index (χ0) is 22.2. The Morgan fingerprint density at radius 1 is 1.29 bits per heavy atom. The smallest absolute Gasteiger partial charge is 0.244 e. The number of carbonyl (C=O) groups is 1. The minimum atomic E-state index is -3.59. The zero-order valence-electron chi connectivity index (χ0n) is 17.4. The van der Waals surface area contributed by atoms with E-state index in [-0.39, 0.29) is 17.4 Å². The Morgan fingerprint density at radius 2 is 2.10 bits per heavy atom. The second-order valence-corrected chi connectivity index (χ2v) is 12.7. The molecule has 0 spiro atoms. The SMILES string of the molecule is CC(C)Sc1ccc(S(=O)(=O)N2CCC(c3cn(CC=O)c4ccc(I)cc34)C2)cn1. The summed E-state index contributed by atoms with van der Waals surface area (Å²) in [5, 5.41) is 2.30. The highest BCUT2D eigenvalue weighted by molar-refractivity contribution is 14.1. The van der Waals surface area contributed by atoms with Crippen LogP contribution in [0.1, 0.15) is 31.7 Å². The lowest BCUT2D eigenvalue weighted by atomic mass is 9.98. The normalized spacial score (nSPS) is 17.6. The molecule has 0 radical (unpaired) electrons. The number of pyridine rings is 1. The molecule has 0 aliphatic carbocycles. The first kappa shape index (κ1) is 22.8. The van der Waals surface area contributed by atoms with Gasteiger partial charge in [-0.25, -0.2) is 13.4 Å². The van der Waals surface area contributed by atoms with Crippen LogP contribution in [0.5, 0.6) is 0 Å². The number of halogens is 1. The van der Waals surface area contributed by atoms with Crippen molar-refractivity contribution in [1.82, 2.24) is 13.9 Å². The van der Waals surface area contributed by atoms with Crippen LogP contribution in [0.15, 0.2) is 52.6 Å². The second-order valence-electron chi connectivity index (χ2n) is 7.91. The maximum Gasteiger partial charge on any atom is 0.244 e. The van der Waals surface area contributed by atoms with Crippen molar-refractivity contribution < 1.29 is 13.2 Å². The first-order chi connectivity index (χ1) is 14.8. The van der Waals surface area contributed by atoms with Gasteiger partial charge in [0.1, 0.15) is 11.2 Å². The average Bonchev–Trinajstić information content (AvgIpc) is 3.34. The second kappa shape index (κ2) is 9.21. The van der Waals surface area contributed by atoms with E-state index in [0.29, 0.717) is 18.3 Å². The molecule has 0 amide bonds. The first-order valence-electron chi connectivity index (χ1n) is 10.1. The van der Waals surface area contributed by atoms with Gasteiger partial charge >= 0.3 is 0 Å². The maximum atomic E-state index is 13.2. The summed E-state index contributed by atoms with van der Waals surface area (Å²) in [6.07, 6.45) is 5.11. The van der Waals surface area contributed by atoms with Crippen molar-refractivity contribution in [1.29, 1.82) is 0 Å². The van der Waals surface area contributed by atoms with E-state index in [1.807, 2.05) is 22.9 Å². The number of hydrogen-bond acceptors (Lipinski definition) is 5. The average molecular weight is 569 g/mol. The van der Waals surface area contributed by atoms with E-state index in [9.17, 15) is 13.2 Å². The Hall–Kier alpha value is -1.43. The Balaban J connectivity index is 1.59. The lowest BCUT2D eigenvalue weighted by molar-refractivity contribution is -0.108. The standard InChI is InChI=1S/C22H24IN3O3S2/c1-15(2)30-22-6-4-18(12-24-22)31(28,29)26-8-7-16(13-26)20-14-25(9-10-27)21-5-3-17(23)11-19(20)21/h3-6,10-12,14-16H,7-9,13H2,1-2H3. The number of aromatic nitrogens is 2. The summed E-state index contributed by atoms with van der Waals surface area (Å²) in [5.74, 6) is 0.0899. The van der Waals surface area contributed by atoms with E-state index in [1.165, 1.54) is 6.20 Å². The number of aldehydes is 1. The summed E-state index contributed by atoms with van der Waals surface area (Å²) in [6.45, 7) is 5.34. The largest absolute Gasteiger partial charge is 0.340 e. The van der Waals surface area contributed by atoms with Gasteiger partial charge < -0.3 is 9.36 Å². The first-order valence-corrected chi connectivity index (χ1v) is 13.5. The number of fused-ring (bicyclic) bond motifs is 1. The number of sulfonamides is 1. The third-order valence-electron chi connectivity index (χ3n) is 5.44. The van der Waals surface area contributed by atoms with Crippen LogP contribution in [0.3, 0.4) is 0 Å². The topological polar surface area (TPSA) is 72.3 Å². The maximum absolute atomic E-state index is 13.2. The summed E-state index contributed by atoms with van der Waals surface area (Å²) in [6, 6.07) is 9.58. The van der Waals surface area contributed by atoms with Gasteiger partial charge in [-0.1, -0.05) is 13.8 Å². The number of carbonyl (C=O) groups excluding carboxylic acids is 1. The van der Waals surface area contributed by atoms with Crippen LogP contribution in [0.4, 0.5) is 0 Å². The Morgan fingerprint density at radius 3 is 2.77 bits per heavy atom. The third-order valence-corrected chi connectivity index (χ3v) is 8.91. The van der Waals surface area contributed by atoms with Crippen LogP contribution in [-0.2, 0) is 21.4 Å². The molecular formula is C22H24IN3O3S2. The molecular weight excluding hydrogens is 545 g/mol. The van der Waals surface area contributed by atoms with Gasteiger partial charge in [-0.15, -0.1) is 11.8 Å². The van der Waals surface area contributed by atoms with Crippen molar-refractivity contribution in [3.8, 4) is 0 Å². The van der Waals surface area contributed by atoms with E-state index in [4.69, 9.17) is 0 Å². The molecule has 9 heteroatoms. The zero-order valence-corrected chi connectivity index (χ0v) is 21.2. The van der Waals surface area contributed by atoms with Crippen LogP contribution in [0.25, 0.3) is 10.9 Å². The molecule has 1 aliphatic rings. The molecule has 3 heterocycles. The summed E-state index contributed by atoms with van der Waals surface area (Å²) < 4.78 is 31.0. The fourth-order valence-corrected chi connectivity index (χ4v) is 6.71. The molecule has 1 aromatic carbocycles. The molecule has 0 N–H and O–H groups in total. The predicted molar refractivity (Wildman–Crippen MR) is 132 cm³/mol. The molecule has 6 nitrogen and oxygen atoms in total. The molecule has 0 saturated carbocycles. The highest BCUT2D eigenvalue weighted by atomic mass is 127. The summed E-state index contributed by atoms with van der Waals surface area (Å²) >= 11 is 3.89. The van der Waals surface area contributed by atoms with Gasteiger partial charge in [-0.05, 0) is 64.9 Å². The molecule has 3 aromatic rings. The highest BCUT2D eigenvalue weighted by Gasteiger charge is 2.34. The molecule has 1 aliphatic heterocycles. The van der Waals surface area contributed by atoms with Crippen LogP contribution in [-0.4, -0.2) is 46.9 Å². The lowest BCUT2D eigenvalue weighted by Crippen LogP contribution is -2.28. The Kier molecular flexibility index (Phi) is 6.76. The summed E-state index contributed by atoms with van der Waals surface area (Å²) in [5.41, 5.74) is 2.11. The van der Waals surface area contributed by atoms with E-state index < -0.39 is 10.0 Å². The van der Waals surface area contributed by atoms with Gasteiger partial charge in [0.15, 0.2) is 0 Å². The van der Waals surface area contributed by atoms with Gasteiger partial charge in [0.2, 0.25) is 10.0 Å². The fourth-order valence-electron chi connectivity index (χ4n) is 4.03.